The fourth-order valence-electron chi connectivity index (χ4n) is 5.01. The summed E-state index contributed by atoms with van der Waals surface area (Å²) >= 11 is 12.2. The van der Waals surface area contributed by atoms with E-state index in [2.05, 4.69) is 9.88 Å². The van der Waals surface area contributed by atoms with Crippen LogP contribution < -0.4 is 0 Å². The Hall–Kier alpha value is -1.89. The average Bonchev–Trinajstić information content (AvgIpc) is 2.87. The van der Waals surface area contributed by atoms with Crippen LogP contribution in [0.25, 0.3) is 0 Å². The maximum atomic E-state index is 14.3. The standard InChI is InChI=1S/C26H32Cl2F2N4O4S/c1-19-14-20(27)15-23(28)25(19)39(36,37)34-9-6-26(29,30)16-22(34)17-38-18-24(35)33-12-10-32(11-13-33)8-5-21-4-2-3-7-31-21/h2-4,7,14-15,22H,5-6,8-13,16-18H2,1H3/t22-/m0/s1. The van der Waals surface area contributed by atoms with Crippen LogP contribution in [-0.4, -0.2) is 97.9 Å². The van der Waals surface area contributed by atoms with Crippen LogP contribution in [0.1, 0.15) is 24.1 Å². The van der Waals surface area contributed by atoms with Crippen LogP contribution in [0.15, 0.2) is 41.4 Å². The van der Waals surface area contributed by atoms with Crippen LogP contribution in [0.3, 0.4) is 0 Å². The number of rotatable bonds is 9. The average molecular weight is 606 g/mol. The molecule has 0 aliphatic carbocycles. The van der Waals surface area contributed by atoms with Crippen molar-refractivity contribution in [3.63, 3.8) is 0 Å². The van der Waals surface area contributed by atoms with E-state index < -0.39 is 41.4 Å². The monoisotopic (exact) mass is 604 g/mol. The molecule has 39 heavy (non-hydrogen) atoms. The zero-order valence-electron chi connectivity index (χ0n) is 21.7. The van der Waals surface area contributed by atoms with Crippen molar-refractivity contribution >= 4 is 39.1 Å². The summed E-state index contributed by atoms with van der Waals surface area (Å²) < 4.78 is 62.2. The van der Waals surface area contributed by atoms with Crippen molar-refractivity contribution in [2.75, 3.05) is 52.5 Å². The fourth-order valence-corrected chi connectivity index (χ4v) is 7.76. The van der Waals surface area contributed by atoms with Gasteiger partial charge in [0.1, 0.15) is 11.5 Å². The lowest BCUT2D eigenvalue weighted by Crippen LogP contribution is -2.52. The molecule has 0 bridgehead atoms. The highest BCUT2D eigenvalue weighted by Crippen LogP contribution is 2.38. The first kappa shape index (κ1) is 30.1. The number of nitrogens with zero attached hydrogens (tertiary/aromatic N) is 4. The number of piperidine rings is 1. The summed E-state index contributed by atoms with van der Waals surface area (Å²) in [4.78, 5) is 20.8. The molecule has 2 aromatic rings. The summed E-state index contributed by atoms with van der Waals surface area (Å²) in [5.74, 6) is -3.30. The predicted molar refractivity (Wildman–Crippen MR) is 145 cm³/mol. The molecule has 0 radical (unpaired) electrons. The molecule has 13 heteroatoms. The van der Waals surface area contributed by atoms with Crippen molar-refractivity contribution in [1.82, 2.24) is 19.1 Å². The lowest BCUT2D eigenvalue weighted by atomic mass is 10.0. The van der Waals surface area contributed by atoms with Crippen LogP contribution in [0.4, 0.5) is 8.78 Å². The van der Waals surface area contributed by atoms with Gasteiger partial charge in [-0.25, -0.2) is 17.2 Å². The van der Waals surface area contributed by atoms with Crippen LogP contribution in [0, 0.1) is 6.92 Å². The summed E-state index contributed by atoms with van der Waals surface area (Å²) in [5, 5.41) is 0.195. The Bertz CT molecular complexity index is 1240. The van der Waals surface area contributed by atoms with Gasteiger partial charge >= 0.3 is 0 Å². The molecule has 0 unspecified atom stereocenters. The van der Waals surface area contributed by atoms with E-state index in [0.29, 0.717) is 31.7 Å². The van der Waals surface area contributed by atoms with Crippen molar-refractivity contribution in [2.45, 2.75) is 43.0 Å². The molecule has 2 saturated heterocycles. The van der Waals surface area contributed by atoms with Crippen LogP contribution in [0.2, 0.25) is 10.0 Å². The van der Waals surface area contributed by atoms with E-state index in [-0.39, 0.29) is 34.1 Å². The van der Waals surface area contributed by atoms with Crippen LogP contribution in [0.5, 0.6) is 0 Å². The zero-order chi connectivity index (χ0) is 28.2. The van der Waals surface area contributed by atoms with Gasteiger partial charge in [0.25, 0.3) is 5.92 Å². The van der Waals surface area contributed by atoms with Crippen molar-refractivity contribution in [3.8, 4) is 0 Å². The molecule has 0 saturated carbocycles. The third-order valence-electron chi connectivity index (χ3n) is 7.07. The minimum atomic E-state index is -4.22. The van der Waals surface area contributed by atoms with Gasteiger partial charge in [-0.15, -0.1) is 0 Å². The van der Waals surface area contributed by atoms with E-state index in [4.69, 9.17) is 27.9 Å². The van der Waals surface area contributed by atoms with Crippen molar-refractivity contribution in [1.29, 1.82) is 0 Å². The first-order chi connectivity index (χ1) is 18.5. The Morgan fingerprint density at radius 3 is 2.56 bits per heavy atom. The quantitative estimate of drug-likeness (QED) is 0.432. The fraction of sp³-hybridized carbons (Fsp3) is 0.538. The number of aryl methyl sites for hydroxylation is 1. The number of carbonyl (C=O) groups excluding carboxylic acids is 1. The predicted octanol–water partition coefficient (Wildman–Crippen LogP) is 3.89. The molecule has 2 fully saturated rings. The molecular formula is C26H32Cl2F2N4O4S. The van der Waals surface area contributed by atoms with E-state index in [1.54, 1.807) is 18.0 Å². The molecule has 1 amide bonds. The van der Waals surface area contributed by atoms with E-state index in [1.807, 2.05) is 18.2 Å². The van der Waals surface area contributed by atoms with Gasteiger partial charge in [0, 0.05) is 75.4 Å². The van der Waals surface area contributed by atoms with Crippen LogP contribution in [-0.2, 0) is 26.0 Å². The molecule has 4 rings (SSSR count). The van der Waals surface area contributed by atoms with Crippen molar-refractivity contribution < 1.29 is 26.7 Å². The van der Waals surface area contributed by atoms with Crippen molar-refractivity contribution in [3.05, 3.63) is 57.8 Å². The normalized spacial score (nSPS) is 20.7. The lowest BCUT2D eigenvalue weighted by molar-refractivity contribution is -0.139. The number of pyridine rings is 1. The number of carbonyl (C=O) groups is 1. The number of benzene rings is 1. The van der Waals surface area contributed by atoms with Gasteiger partial charge in [-0.05, 0) is 36.8 Å². The Labute approximate surface area is 237 Å². The molecule has 0 N–H and O–H groups in total. The Morgan fingerprint density at radius 1 is 1.15 bits per heavy atom. The van der Waals surface area contributed by atoms with E-state index >= 15 is 0 Å². The minimum Gasteiger partial charge on any atom is -0.370 e. The maximum absolute atomic E-state index is 14.3. The second-order valence-corrected chi connectivity index (χ2v) is 12.6. The number of alkyl halides is 2. The second-order valence-electron chi connectivity index (χ2n) is 9.92. The molecule has 1 aromatic heterocycles. The summed E-state index contributed by atoms with van der Waals surface area (Å²) in [6.45, 7) is 3.82. The summed E-state index contributed by atoms with van der Waals surface area (Å²) in [5.41, 5.74) is 1.33. The number of piperazine rings is 1. The second kappa shape index (κ2) is 12.7. The van der Waals surface area contributed by atoms with E-state index in [9.17, 15) is 22.0 Å². The van der Waals surface area contributed by atoms with E-state index in [0.717, 1.165) is 23.0 Å². The maximum Gasteiger partial charge on any atom is 0.251 e. The Balaban J connectivity index is 1.32. The largest absolute Gasteiger partial charge is 0.370 e. The summed E-state index contributed by atoms with van der Waals surface area (Å²) in [6.07, 6.45) is 1.27. The molecule has 2 aliphatic heterocycles. The van der Waals surface area contributed by atoms with Gasteiger partial charge in [-0.1, -0.05) is 29.3 Å². The van der Waals surface area contributed by atoms with Crippen LogP contribution >= 0.6 is 23.2 Å². The molecular weight excluding hydrogens is 573 g/mol. The Morgan fingerprint density at radius 2 is 1.90 bits per heavy atom. The van der Waals surface area contributed by atoms with E-state index in [1.165, 1.54) is 12.1 Å². The van der Waals surface area contributed by atoms with Gasteiger partial charge in [0.15, 0.2) is 0 Å². The zero-order valence-corrected chi connectivity index (χ0v) is 24.0. The van der Waals surface area contributed by atoms with Gasteiger partial charge in [-0.3, -0.25) is 14.7 Å². The molecule has 0 spiro atoms. The molecule has 8 nitrogen and oxygen atoms in total. The molecule has 2 aliphatic rings. The topological polar surface area (TPSA) is 83.0 Å². The highest BCUT2D eigenvalue weighted by atomic mass is 35.5. The first-order valence-corrected chi connectivity index (χ1v) is 15.0. The summed E-state index contributed by atoms with van der Waals surface area (Å²) in [6, 6.07) is 7.43. The highest BCUT2D eigenvalue weighted by molar-refractivity contribution is 7.89. The number of ether oxygens (including phenoxy) is 1. The smallest absolute Gasteiger partial charge is 0.251 e. The van der Waals surface area contributed by atoms with Gasteiger partial charge < -0.3 is 9.64 Å². The number of hydrogen-bond donors (Lipinski definition) is 0. The van der Waals surface area contributed by atoms with Gasteiger partial charge in [0.2, 0.25) is 15.9 Å². The third kappa shape index (κ3) is 7.65. The molecule has 1 aromatic carbocycles. The lowest BCUT2D eigenvalue weighted by Gasteiger charge is -2.38. The minimum absolute atomic E-state index is 0.0775. The molecule has 1 atom stereocenters. The highest BCUT2D eigenvalue weighted by Gasteiger charge is 2.46. The molecule has 214 valence electrons. The van der Waals surface area contributed by atoms with Gasteiger partial charge in [-0.2, -0.15) is 4.31 Å². The molecule has 3 heterocycles. The number of aromatic nitrogens is 1. The Kier molecular flexibility index (Phi) is 9.83. The SMILES string of the molecule is Cc1cc(Cl)cc(Cl)c1S(=O)(=O)N1CCC(F)(F)C[C@H]1COCC(=O)N1CCN(CCc2ccccn2)CC1. The first-order valence-electron chi connectivity index (χ1n) is 12.8. The number of sulfonamides is 1. The number of hydrogen-bond acceptors (Lipinski definition) is 6. The van der Waals surface area contributed by atoms with Gasteiger partial charge in [0.05, 0.1) is 17.7 Å². The van der Waals surface area contributed by atoms with Crippen molar-refractivity contribution in [2.24, 2.45) is 0 Å². The summed E-state index contributed by atoms with van der Waals surface area (Å²) in [7, 11) is -4.22. The number of amides is 1. The third-order valence-corrected chi connectivity index (χ3v) is 9.86. The number of halogens is 4.